The van der Waals surface area contributed by atoms with Crippen molar-refractivity contribution in [2.75, 3.05) is 86.3 Å². The quantitative estimate of drug-likeness (QED) is 0.0215. The predicted molar refractivity (Wildman–Crippen MR) is 455 cm³/mol. The van der Waals surface area contributed by atoms with Crippen LogP contribution in [0.25, 0.3) is 103 Å². The Kier molecular flexibility index (Phi) is 28.6. The Morgan fingerprint density at radius 2 is 0.686 bits per heavy atom. The predicted octanol–water partition coefficient (Wildman–Crippen LogP) is 17.2. The molecule has 5 N–H and O–H groups in total. The minimum absolute atomic E-state index is 0.137. The fourth-order valence-corrected chi connectivity index (χ4v) is 13.4. The molecule has 0 aliphatic heterocycles. The number of carbonyl (C=O) groups is 1. The van der Waals surface area contributed by atoms with E-state index in [1.807, 2.05) is 201 Å². The van der Waals surface area contributed by atoms with Crippen LogP contribution in [0.4, 0.5) is 51.4 Å². The van der Waals surface area contributed by atoms with E-state index in [4.69, 9.17) is 50.0 Å². The highest BCUT2D eigenvalue weighted by Crippen LogP contribution is 2.41. The molecule has 0 radical (unpaired) electrons. The molecule has 610 valence electrons. The van der Waals surface area contributed by atoms with Gasteiger partial charge in [0.25, 0.3) is 0 Å². The van der Waals surface area contributed by atoms with Crippen LogP contribution in [0.15, 0.2) is 154 Å². The van der Waals surface area contributed by atoms with Gasteiger partial charge in [-0.15, -0.1) is 0 Å². The number of anilines is 5. The molecule has 15 heterocycles. The summed E-state index contributed by atoms with van der Waals surface area (Å²) >= 11 is 0. The average Bonchev–Trinajstić information content (AvgIpc) is 1.57. The topological polar surface area (TPSA) is 316 Å². The fourth-order valence-electron chi connectivity index (χ4n) is 13.4. The Bertz CT molecular complexity index is 6000. The lowest BCUT2D eigenvalue weighted by Gasteiger charge is -2.11. The number of hydrogen-bond acceptors (Lipinski definition) is 20. The summed E-state index contributed by atoms with van der Waals surface area (Å²) < 4.78 is 45.6. The maximum atomic E-state index is 11.0. The van der Waals surface area contributed by atoms with Crippen LogP contribution < -0.4 is 26.6 Å². The SMILES string of the molecule is CCNc1cc2c(-c3cnn(C(C)OCC)c3)c(NC=O)cnn2c1.[C-]#[N+]c1cnn2c(NC)ccc2c1-c1cnn(C(C)OCC)c1.[C-]#[N+]c1cnn2c(NCC)ccc2c1-c1cnn(C(C)OCC)c1.[C-]#[N+]c1cnn2cc(C)cc2c1-c1cnn(C(C)OCC)c1.[C-]#[N+]c1cnn2cc(NCC)cc2c1-c1cnn(C(C)OCC)c1. The second-order valence-electron chi connectivity index (χ2n) is 26.4. The van der Waals surface area contributed by atoms with E-state index >= 15 is 0 Å². The molecule has 5 atom stereocenters. The highest BCUT2D eigenvalue weighted by molar-refractivity contribution is 5.96. The summed E-state index contributed by atoms with van der Waals surface area (Å²) in [6.45, 7) is 62.9. The monoisotopic (exact) mass is 1600 g/mol. The minimum Gasteiger partial charge on any atom is -0.384 e. The highest BCUT2D eigenvalue weighted by atomic mass is 16.5. The van der Waals surface area contributed by atoms with E-state index in [0.29, 0.717) is 67.9 Å². The molecular formula is C83H97N29O6. The van der Waals surface area contributed by atoms with Crippen molar-refractivity contribution >= 4 is 85.4 Å². The Labute approximate surface area is 682 Å². The van der Waals surface area contributed by atoms with Gasteiger partial charge in [0.05, 0.1) is 145 Å². The van der Waals surface area contributed by atoms with Gasteiger partial charge in [0.1, 0.15) is 42.8 Å². The number of aryl methyl sites for hydroxylation is 1. The van der Waals surface area contributed by atoms with Crippen LogP contribution in [0.3, 0.4) is 0 Å². The summed E-state index contributed by atoms with van der Waals surface area (Å²) in [7, 11) is 1.84. The molecule has 0 bridgehead atoms. The zero-order valence-corrected chi connectivity index (χ0v) is 68.7. The highest BCUT2D eigenvalue weighted by Gasteiger charge is 2.23. The normalized spacial score (nSPS) is 12.3. The molecule has 0 aliphatic rings. The second-order valence-corrected chi connectivity index (χ2v) is 26.4. The van der Waals surface area contributed by atoms with Crippen LogP contribution in [0.5, 0.6) is 0 Å². The summed E-state index contributed by atoms with van der Waals surface area (Å²) in [6, 6.07) is 13.9. The lowest BCUT2D eigenvalue weighted by molar-refractivity contribution is -0.105. The third-order valence-electron chi connectivity index (χ3n) is 18.8. The van der Waals surface area contributed by atoms with Crippen LogP contribution in [-0.2, 0) is 28.5 Å². The maximum absolute atomic E-state index is 11.0. The summed E-state index contributed by atoms with van der Waals surface area (Å²) in [6.07, 6.45) is 32.0. The first-order valence-electron chi connectivity index (χ1n) is 38.8. The first-order valence-corrected chi connectivity index (χ1v) is 38.8. The average molecular weight is 1600 g/mol. The fraction of sp³-hybridized carbons (Fsp3) is 0.337. The summed E-state index contributed by atoms with van der Waals surface area (Å²) in [4.78, 5) is 25.5. The Morgan fingerprint density at radius 3 is 1.03 bits per heavy atom. The molecule has 1 amide bonds. The zero-order chi connectivity index (χ0) is 84.1. The van der Waals surface area contributed by atoms with Crippen molar-refractivity contribution in [2.45, 2.75) is 128 Å². The maximum Gasteiger partial charge on any atom is 0.216 e. The standard InChI is InChI=1S/C17H22N6O2.2C17H20N6O.C16H18N6O.C16H17N5O/c1-4-18-14-6-16-17(15(19-11-24)8-21-23(16)10-14)13-7-20-22(9-13)12(3)25-5-2;1-5-19-14-7-16-17(15(18-4)9-21-23(16)11-14)13-8-20-22(10-13)12(3)24-6-2;1-5-19-16-8-7-15-17(14(18-4)10-21-23(15)16)13-9-20-22(11-13)12(3)24-6-2;1-5-23-11(2)21-10-12(8-19-21)16-13(17-3)9-20-22-14(16)6-7-15(22)18-4;1-5-22-12(3)20-10-13(7-18-20)16-14(17-4)8-19-21-9-11(2)6-15(16)21/h6-12,18H,4-5H2,1-3H3,(H,19,24);2*7-12,19H,5-6H2,1-3H3;6-11,18H,5H2,1-2,4H3;6-10,12H,5H2,1-3H3. The molecule has 0 fully saturated rings. The van der Waals surface area contributed by atoms with Crippen molar-refractivity contribution < 1.29 is 28.5 Å². The van der Waals surface area contributed by atoms with Gasteiger partial charge in [-0.1, -0.05) is 0 Å². The molecule has 15 rings (SSSR count). The Balaban J connectivity index is 0.000000145. The Hall–Kier alpha value is -14.1. The van der Waals surface area contributed by atoms with E-state index < -0.39 is 0 Å². The van der Waals surface area contributed by atoms with E-state index in [-0.39, 0.29) is 31.1 Å². The van der Waals surface area contributed by atoms with E-state index in [1.54, 1.807) is 103 Å². The smallest absolute Gasteiger partial charge is 0.216 e. The molecule has 15 aromatic heterocycles. The number of nitrogens with zero attached hydrogens (tertiary/aromatic N) is 24. The van der Waals surface area contributed by atoms with Crippen LogP contribution in [0.1, 0.15) is 127 Å². The number of ether oxygens (including phenoxy) is 5. The molecule has 15 aromatic rings. The lowest BCUT2D eigenvalue weighted by atomic mass is 10.1. The van der Waals surface area contributed by atoms with Gasteiger partial charge in [-0.05, 0) is 145 Å². The van der Waals surface area contributed by atoms with Gasteiger partial charge in [0, 0.05) is 153 Å². The Morgan fingerprint density at radius 1 is 0.373 bits per heavy atom. The van der Waals surface area contributed by atoms with E-state index in [9.17, 15) is 4.79 Å². The van der Waals surface area contributed by atoms with Crippen LogP contribution in [0, 0.1) is 33.2 Å². The minimum atomic E-state index is -0.164. The van der Waals surface area contributed by atoms with Crippen LogP contribution >= 0.6 is 0 Å². The summed E-state index contributed by atoms with van der Waals surface area (Å²) in [5, 5.41) is 59.2. The van der Waals surface area contributed by atoms with E-state index in [2.05, 4.69) is 97.0 Å². The molecule has 0 aliphatic carbocycles. The first kappa shape index (κ1) is 84.8. The first-order chi connectivity index (χ1) is 57.4. The third kappa shape index (κ3) is 18.8. The van der Waals surface area contributed by atoms with Crippen molar-refractivity contribution in [1.82, 2.24) is 97.0 Å². The summed E-state index contributed by atoms with van der Waals surface area (Å²) in [5.74, 6) is 1.77. The number of nitrogens with one attached hydrogen (secondary N) is 5. The number of amides is 1. The van der Waals surface area contributed by atoms with Crippen LogP contribution in [-0.4, -0.2) is 163 Å². The number of fused-ring (bicyclic) bond motifs is 5. The molecule has 118 heavy (non-hydrogen) atoms. The number of hydrogen-bond donors (Lipinski definition) is 5. The zero-order valence-electron chi connectivity index (χ0n) is 68.7. The molecule has 0 saturated heterocycles. The second kappa shape index (κ2) is 39.8. The molecule has 0 saturated carbocycles. The number of rotatable bonds is 29. The van der Waals surface area contributed by atoms with Gasteiger partial charge in [-0.2, -0.15) is 51.0 Å². The van der Waals surface area contributed by atoms with Gasteiger partial charge >= 0.3 is 0 Å². The van der Waals surface area contributed by atoms with Crippen molar-refractivity contribution in [3.63, 3.8) is 0 Å². The van der Waals surface area contributed by atoms with E-state index in [1.165, 1.54) is 0 Å². The molecule has 0 aromatic carbocycles. The van der Waals surface area contributed by atoms with Gasteiger partial charge in [0.2, 0.25) is 29.2 Å². The molecule has 35 nitrogen and oxygen atoms in total. The molecule has 0 spiro atoms. The molecule has 5 unspecified atom stereocenters. The number of aromatic nitrogens is 20. The van der Waals surface area contributed by atoms with E-state index in [0.717, 1.165) is 131 Å². The van der Waals surface area contributed by atoms with Gasteiger partial charge in [-0.25, -0.2) is 65.4 Å². The van der Waals surface area contributed by atoms with Crippen LogP contribution in [0.2, 0.25) is 0 Å². The van der Waals surface area contributed by atoms with Gasteiger partial charge in [-0.3, -0.25) is 4.79 Å². The van der Waals surface area contributed by atoms with Crippen molar-refractivity contribution in [3.05, 3.63) is 205 Å². The van der Waals surface area contributed by atoms with Gasteiger partial charge in [0.15, 0.2) is 0 Å². The van der Waals surface area contributed by atoms with Gasteiger partial charge < -0.3 is 50.3 Å². The molecular weight excluding hydrogens is 1500 g/mol. The van der Waals surface area contributed by atoms with Crippen molar-refractivity contribution in [1.29, 1.82) is 0 Å². The third-order valence-corrected chi connectivity index (χ3v) is 18.8. The van der Waals surface area contributed by atoms with Crippen molar-refractivity contribution in [3.8, 4) is 55.6 Å². The lowest BCUT2D eigenvalue weighted by Crippen LogP contribution is -2.09. The molecule has 35 heteroatoms. The van der Waals surface area contributed by atoms with Crippen molar-refractivity contribution in [2.24, 2.45) is 0 Å². The largest absolute Gasteiger partial charge is 0.384 e. The number of carbonyl (C=O) groups excluding carboxylic acids is 1. The summed E-state index contributed by atoms with van der Waals surface area (Å²) in [5.41, 5.74) is 18.7.